The number of fused-ring (bicyclic) bond motifs is 3. The van der Waals surface area contributed by atoms with E-state index in [0.717, 1.165) is 16.1 Å². The molecule has 0 spiro atoms. The van der Waals surface area contributed by atoms with Crippen LogP contribution in [0, 0.1) is 11.3 Å². The average Bonchev–Trinajstić information content (AvgIpc) is 3.70. The van der Waals surface area contributed by atoms with Crippen LogP contribution >= 0.6 is 11.3 Å². The van der Waals surface area contributed by atoms with Crippen LogP contribution in [0.1, 0.15) is 6.42 Å². The van der Waals surface area contributed by atoms with Gasteiger partial charge in [0.1, 0.15) is 11.1 Å². The zero-order valence-corrected chi connectivity index (χ0v) is 21.5. The highest BCUT2D eigenvalue weighted by atomic mass is 32.2. The van der Waals surface area contributed by atoms with Crippen molar-refractivity contribution < 1.29 is 8.42 Å². The van der Waals surface area contributed by atoms with Gasteiger partial charge in [-0.1, -0.05) is 24.3 Å². The largest absolute Gasteiger partial charge is 0.312 e. The lowest BCUT2D eigenvalue weighted by Gasteiger charge is -2.41. The Morgan fingerprint density at radius 1 is 1.11 bits per heavy atom. The number of aromatic nitrogens is 6. The molecule has 0 bridgehead atoms. The third kappa shape index (κ3) is 3.26. The highest BCUT2D eigenvalue weighted by molar-refractivity contribution is 7.90. The Bertz CT molecular complexity index is 1960. The lowest BCUT2D eigenvalue weighted by molar-refractivity contribution is 0.160. The first-order chi connectivity index (χ1) is 18.5. The molecule has 6 aromatic rings. The fourth-order valence-electron chi connectivity index (χ4n) is 4.96. The Hall–Kier alpha value is -4.31. The quantitative estimate of drug-likeness (QED) is 0.341. The summed E-state index contributed by atoms with van der Waals surface area (Å²) in [4.78, 5) is 10.6. The van der Waals surface area contributed by atoms with Crippen molar-refractivity contribution in [3.8, 4) is 22.5 Å². The second kappa shape index (κ2) is 8.35. The van der Waals surface area contributed by atoms with Gasteiger partial charge in [-0.3, -0.25) is 9.25 Å². The molecule has 0 amide bonds. The van der Waals surface area contributed by atoms with Crippen LogP contribution in [0.15, 0.2) is 83.6 Å². The molecule has 6 heterocycles. The van der Waals surface area contributed by atoms with E-state index >= 15 is 0 Å². The SMILES string of the molecule is N#CCC1(n2cc(-n3c(-c4cccs4)nc4cnc5c(ccn5S(=O)(=O)c5ccccc5)c43)cn2)CNC1. The highest BCUT2D eigenvalue weighted by Gasteiger charge is 2.40. The Kier molecular flexibility index (Phi) is 5.02. The Balaban J connectivity index is 1.47. The van der Waals surface area contributed by atoms with E-state index in [0.29, 0.717) is 41.9 Å². The molecule has 0 atom stereocenters. The summed E-state index contributed by atoms with van der Waals surface area (Å²) in [5.41, 5.74) is 2.07. The van der Waals surface area contributed by atoms with Gasteiger partial charge >= 0.3 is 0 Å². The average molecular weight is 541 g/mol. The summed E-state index contributed by atoms with van der Waals surface area (Å²) < 4.78 is 32.0. The fraction of sp³-hybridized carbons (Fsp3) is 0.154. The maximum Gasteiger partial charge on any atom is 0.269 e. The molecule has 1 aromatic carbocycles. The molecule has 5 aromatic heterocycles. The third-order valence-corrected chi connectivity index (χ3v) is 9.51. The van der Waals surface area contributed by atoms with Crippen LogP contribution in [-0.2, 0) is 15.6 Å². The fourth-order valence-corrected chi connectivity index (χ4v) is 6.99. The van der Waals surface area contributed by atoms with Crippen molar-refractivity contribution in [3.63, 3.8) is 0 Å². The molecule has 12 heteroatoms. The molecular weight excluding hydrogens is 520 g/mol. The minimum Gasteiger partial charge on any atom is -0.312 e. The molecule has 0 unspecified atom stereocenters. The van der Waals surface area contributed by atoms with Gasteiger partial charge in [0.25, 0.3) is 10.0 Å². The van der Waals surface area contributed by atoms with Crippen LogP contribution in [0.5, 0.6) is 0 Å². The van der Waals surface area contributed by atoms with Crippen molar-refractivity contribution in [2.24, 2.45) is 0 Å². The van der Waals surface area contributed by atoms with Gasteiger partial charge in [0.05, 0.1) is 45.9 Å². The predicted molar refractivity (Wildman–Crippen MR) is 144 cm³/mol. The van der Waals surface area contributed by atoms with E-state index in [9.17, 15) is 13.7 Å². The molecule has 1 saturated heterocycles. The van der Waals surface area contributed by atoms with Crippen molar-refractivity contribution in [3.05, 3.63) is 78.7 Å². The molecule has 188 valence electrons. The Morgan fingerprint density at radius 3 is 2.66 bits per heavy atom. The van der Waals surface area contributed by atoms with Crippen molar-refractivity contribution in [2.45, 2.75) is 16.9 Å². The van der Waals surface area contributed by atoms with Gasteiger partial charge in [-0.2, -0.15) is 10.4 Å². The maximum absolute atomic E-state index is 13.5. The van der Waals surface area contributed by atoms with Crippen LogP contribution in [0.25, 0.3) is 38.5 Å². The molecule has 0 aliphatic carbocycles. The van der Waals surface area contributed by atoms with Crippen molar-refractivity contribution in [1.29, 1.82) is 5.26 Å². The van der Waals surface area contributed by atoms with Gasteiger partial charge in [-0.25, -0.2) is 22.4 Å². The molecule has 1 aliphatic heterocycles. The summed E-state index contributed by atoms with van der Waals surface area (Å²) in [6.07, 6.45) is 7.19. The first-order valence-electron chi connectivity index (χ1n) is 11.9. The minimum absolute atomic E-state index is 0.186. The van der Waals surface area contributed by atoms with Crippen molar-refractivity contribution in [1.82, 2.24) is 33.6 Å². The van der Waals surface area contributed by atoms with Gasteiger partial charge < -0.3 is 5.32 Å². The van der Waals surface area contributed by atoms with E-state index in [2.05, 4.69) is 21.5 Å². The number of pyridine rings is 1. The first-order valence-corrected chi connectivity index (χ1v) is 14.2. The molecule has 1 N–H and O–H groups in total. The maximum atomic E-state index is 13.5. The molecule has 38 heavy (non-hydrogen) atoms. The van der Waals surface area contributed by atoms with Crippen LogP contribution in [0.3, 0.4) is 0 Å². The van der Waals surface area contributed by atoms with Crippen molar-refractivity contribution in [2.75, 3.05) is 13.1 Å². The van der Waals surface area contributed by atoms with E-state index in [1.165, 1.54) is 10.2 Å². The smallest absolute Gasteiger partial charge is 0.269 e. The summed E-state index contributed by atoms with van der Waals surface area (Å²) >= 11 is 1.56. The first kappa shape index (κ1) is 22.9. The zero-order chi connectivity index (χ0) is 25.9. The standard InChI is InChI=1S/C26H20N8O2S2/c27-10-9-26(16-28-17-26)33-15-18(13-30-33)34-23-20-8-11-32(38(35,36)19-5-2-1-3-6-19)24(20)29-14-21(23)31-25(34)22-7-4-12-37-22/h1-8,11-15,28H,9,16-17H2. The van der Waals surface area contributed by atoms with Crippen LogP contribution in [0.4, 0.5) is 0 Å². The number of imidazole rings is 1. The molecule has 0 saturated carbocycles. The second-order valence-electron chi connectivity index (χ2n) is 9.21. The predicted octanol–water partition coefficient (Wildman–Crippen LogP) is 3.75. The summed E-state index contributed by atoms with van der Waals surface area (Å²) in [5.74, 6) is 0.712. The van der Waals surface area contributed by atoms with E-state index in [1.54, 1.807) is 60.1 Å². The number of rotatable bonds is 6. The summed E-state index contributed by atoms with van der Waals surface area (Å²) in [7, 11) is -3.85. The number of hydrogen-bond donors (Lipinski definition) is 1. The van der Waals surface area contributed by atoms with Crippen LogP contribution < -0.4 is 5.32 Å². The Labute approximate surface area is 221 Å². The molecule has 10 nitrogen and oxygen atoms in total. The van der Waals surface area contributed by atoms with Crippen LogP contribution in [-0.4, -0.2) is 49.8 Å². The normalized spacial score (nSPS) is 15.0. The van der Waals surface area contributed by atoms with Crippen molar-refractivity contribution >= 4 is 43.4 Å². The van der Waals surface area contributed by atoms with E-state index in [-0.39, 0.29) is 4.90 Å². The zero-order valence-electron chi connectivity index (χ0n) is 19.9. The Morgan fingerprint density at radius 2 is 1.95 bits per heavy atom. The van der Waals surface area contributed by atoms with Gasteiger partial charge in [-0.05, 0) is 29.6 Å². The number of hydrogen-bond acceptors (Lipinski definition) is 8. The van der Waals surface area contributed by atoms with E-state index < -0.39 is 15.6 Å². The van der Waals surface area contributed by atoms with Gasteiger partial charge in [-0.15, -0.1) is 11.3 Å². The molecular formula is C26H20N8O2S2. The second-order valence-corrected chi connectivity index (χ2v) is 12.0. The lowest BCUT2D eigenvalue weighted by Crippen LogP contribution is -2.60. The minimum atomic E-state index is -3.85. The lowest BCUT2D eigenvalue weighted by atomic mass is 9.89. The summed E-state index contributed by atoms with van der Waals surface area (Å²) in [5, 5.41) is 19.9. The molecule has 1 fully saturated rings. The summed E-state index contributed by atoms with van der Waals surface area (Å²) in [6.45, 7) is 1.33. The number of benzene rings is 1. The molecule has 7 rings (SSSR count). The number of nitrogens with zero attached hydrogens (tertiary/aromatic N) is 7. The van der Waals surface area contributed by atoms with Gasteiger partial charge in [0, 0.05) is 30.9 Å². The van der Waals surface area contributed by atoms with E-state index in [1.807, 2.05) is 33.0 Å². The third-order valence-electron chi connectivity index (χ3n) is 6.97. The summed E-state index contributed by atoms with van der Waals surface area (Å²) in [6, 6.07) is 16.3. The highest BCUT2D eigenvalue weighted by Crippen LogP contribution is 2.36. The number of nitrogens with one attached hydrogen (secondary N) is 1. The number of thiophene rings is 1. The topological polar surface area (TPSA) is 123 Å². The monoisotopic (exact) mass is 540 g/mol. The van der Waals surface area contributed by atoms with E-state index in [4.69, 9.17) is 4.98 Å². The van der Waals surface area contributed by atoms with Gasteiger partial charge in [0.2, 0.25) is 0 Å². The van der Waals surface area contributed by atoms with Crippen LogP contribution in [0.2, 0.25) is 0 Å². The van der Waals surface area contributed by atoms with Gasteiger partial charge in [0.15, 0.2) is 11.5 Å². The molecule has 0 radical (unpaired) electrons. The molecule has 1 aliphatic rings. The number of nitriles is 1.